The molecule has 1 heterocycles. The highest BCUT2D eigenvalue weighted by Crippen LogP contribution is 2.37. The van der Waals surface area contributed by atoms with Crippen molar-refractivity contribution in [3.63, 3.8) is 0 Å². The van der Waals surface area contributed by atoms with Gasteiger partial charge < -0.3 is 14.8 Å². The third kappa shape index (κ3) is 2.64. The highest BCUT2D eigenvalue weighted by molar-refractivity contribution is 5.85. The number of carbonyl (C=O) groups is 1. The summed E-state index contributed by atoms with van der Waals surface area (Å²) in [6.45, 7) is 1.60. The van der Waals surface area contributed by atoms with Crippen LogP contribution in [0.2, 0.25) is 0 Å². The summed E-state index contributed by atoms with van der Waals surface area (Å²) in [4.78, 5) is 12.1. The second kappa shape index (κ2) is 5.06. The molecule has 1 fully saturated rings. The van der Waals surface area contributed by atoms with Gasteiger partial charge in [0.05, 0.1) is 18.9 Å². The summed E-state index contributed by atoms with van der Waals surface area (Å²) in [6.07, 6.45) is 4.46. The molecule has 1 saturated carbocycles. The summed E-state index contributed by atoms with van der Waals surface area (Å²) in [5, 5.41) is 22.1. The van der Waals surface area contributed by atoms with E-state index in [1.54, 1.807) is 19.1 Å². The molecule has 1 aromatic rings. The third-order valence-corrected chi connectivity index (χ3v) is 3.75. The van der Waals surface area contributed by atoms with E-state index < -0.39 is 11.0 Å². The van der Waals surface area contributed by atoms with Crippen molar-refractivity contribution in [2.24, 2.45) is 5.41 Å². The van der Waals surface area contributed by atoms with Gasteiger partial charge in [-0.1, -0.05) is 12.8 Å². The van der Waals surface area contributed by atoms with Gasteiger partial charge in [-0.15, -0.1) is 0 Å². The Balaban J connectivity index is 1.99. The number of aliphatic hydroxyl groups is 1. The van der Waals surface area contributed by atoms with Gasteiger partial charge in [-0.3, -0.25) is 4.79 Å². The predicted octanol–water partition coefficient (Wildman–Crippen LogP) is 1.69. The van der Waals surface area contributed by atoms with Crippen LogP contribution in [-0.2, 0) is 10.4 Å². The zero-order valence-corrected chi connectivity index (χ0v) is 11.0. The quantitative estimate of drug-likeness (QED) is 0.864. The average molecular weight is 262 g/mol. The van der Waals surface area contributed by atoms with Crippen molar-refractivity contribution in [2.75, 3.05) is 6.54 Å². The molecule has 0 saturated heterocycles. The van der Waals surface area contributed by atoms with E-state index in [4.69, 9.17) is 4.42 Å². The molecular weight excluding hydrogens is 244 g/mol. The molecule has 5 heteroatoms. The van der Waals surface area contributed by atoms with Gasteiger partial charge in [-0.25, -0.2) is 0 Å². The number of amides is 1. The maximum Gasteiger partial charge on any atom is 0.240 e. The highest BCUT2D eigenvalue weighted by Gasteiger charge is 2.42. The van der Waals surface area contributed by atoms with E-state index in [0.29, 0.717) is 18.6 Å². The Labute approximate surface area is 112 Å². The predicted molar refractivity (Wildman–Crippen MR) is 67.8 cm³/mol. The number of nitrogens with zero attached hydrogens (tertiary/aromatic N) is 1. The van der Waals surface area contributed by atoms with Crippen LogP contribution in [0.5, 0.6) is 0 Å². The van der Waals surface area contributed by atoms with Crippen molar-refractivity contribution < 1.29 is 14.3 Å². The second-order valence-electron chi connectivity index (χ2n) is 5.33. The zero-order chi connectivity index (χ0) is 13.9. The molecule has 102 valence electrons. The molecular formula is C14H18N2O3. The summed E-state index contributed by atoms with van der Waals surface area (Å²) in [5.41, 5.74) is -2.19. The lowest BCUT2D eigenvalue weighted by molar-refractivity contribution is -0.129. The van der Waals surface area contributed by atoms with Crippen LogP contribution in [0.1, 0.15) is 38.4 Å². The lowest BCUT2D eigenvalue weighted by atomic mass is 9.87. The molecule has 1 atom stereocenters. The van der Waals surface area contributed by atoms with E-state index in [9.17, 15) is 15.2 Å². The largest absolute Gasteiger partial charge is 0.466 e. The molecule has 0 aromatic carbocycles. The van der Waals surface area contributed by atoms with E-state index in [2.05, 4.69) is 11.4 Å². The lowest BCUT2D eigenvalue weighted by Gasteiger charge is -2.25. The van der Waals surface area contributed by atoms with Crippen LogP contribution in [0.25, 0.3) is 0 Å². The normalized spacial score (nSPS) is 20.5. The SMILES string of the molecule is CC(O)(CNC(=O)C1(C#N)CCCC1)c1ccco1. The Morgan fingerprint density at radius 1 is 1.63 bits per heavy atom. The molecule has 5 nitrogen and oxygen atoms in total. The summed E-state index contributed by atoms with van der Waals surface area (Å²) in [5.74, 6) is 0.101. The number of hydrogen-bond acceptors (Lipinski definition) is 4. The fourth-order valence-corrected chi connectivity index (χ4v) is 2.46. The van der Waals surface area contributed by atoms with E-state index in [1.807, 2.05) is 0 Å². The van der Waals surface area contributed by atoms with Crippen LogP contribution in [0.3, 0.4) is 0 Å². The number of rotatable bonds is 4. The molecule has 2 N–H and O–H groups in total. The lowest BCUT2D eigenvalue weighted by Crippen LogP contribution is -2.44. The fraction of sp³-hybridized carbons (Fsp3) is 0.571. The average Bonchev–Trinajstić information content (AvgIpc) is 3.07. The van der Waals surface area contributed by atoms with Crippen LogP contribution in [0.4, 0.5) is 0 Å². The number of furan rings is 1. The molecule has 1 aromatic heterocycles. The molecule has 1 unspecified atom stereocenters. The topological polar surface area (TPSA) is 86.3 Å². The minimum atomic E-state index is -1.27. The summed E-state index contributed by atoms with van der Waals surface area (Å²) in [6, 6.07) is 5.47. The Bertz CT molecular complexity index is 479. The van der Waals surface area contributed by atoms with Crippen LogP contribution in [-0.4, -0.2) is 17.6 Å². The van der Waals surface area contributed by atoms with Gasteiger partial charge in [-0.2, -0.15) is 5.26 Å². The van der Waals surface area contributed by atoms with Crippen molar-refractivity contribution >= 4 is 5.91 Å². The smallest absolute Gasteiger partial charge is 0.240 e. The molecule has 0 radical (unpaired) electrons. The second-order valence-corrected chi connectivity index (χ2v) is 5.33. The summed E-state index contributed by atoms with van der Waals surface area (Å²) in [7, 11) is 0. The fourth-order valence-electron chi connectivity index (χ4n) is 2.46. The first kappa shape index (κ1) is 13.6. The first-order valence-electron chi connectivity index (χ1n) is 6.46. The number of nitriles is 1. The van der Waals surface area contributed by atoms with Crippen molar-refractivity contribution in [2.45, 2.75) is 38.2 Å². The number of carbonyl (C=O) groups excluding carboxylic acids is 1. The first-order chi connectivity index (χ1) is 9.00. The Morgan fingerprint density at radius 3 is 2.84 bits per heavy atom. The minimum absolute atomic E-state index is 0.0305. The molecule has 1 aliphatic carbocycles. The van der Waals surface area contributed by atoms with Crippen molar-refractivity contribution in [3.8, 4) is 6.07 Å². The zero-order valence-electron chi connectivity index (χ0n) is 11.0. The van der Waals surface area contributed by atoms with Gasteiger partial charge in [0.1, 0.15) is 16.8 Å². The van der Waals surface area contributed by atoms with Gasteiger partial charge in [0, 0.05) is 0 Å². The van der Waals surface area contributed by atoms with E-state index >= 15 is 0 Å². The molecule has 0 bridgehead atoms. The first-order valence-corrected chi connectivity index (χ1v) is 6.46. The van der Waals surface area contributed by atoms with Crippen LogP contribution < -0.4 is 5.32 Å². The van der Waals surface area contributed by atoms with Crippen molar-refractivity contribution in [1.29, 1.82) is 5.26 Å². The van der Waals surface area contributed by atoms with Crippen LogP contribution >= 0.6 is 0 Å². The molecule has 1 aliphatic rings. The Morgan fingerprint density at radius 2 is 2.32 bits per heavy atom. The van der Waals surface area contributed by atoms with Gasteiger partial charge >= 0.3 is 0 Å². The van der Waals surface area contributed by atoms with Gasteiger partial charge in [0.25, 0.3) is 0 Å². The van der Waals surface area contributed by atoms with Crippen LogP contribution in [0, 0.1) is 16.7 Å². The van der Waals surface area contributed by atoms with E-state index in [-0.39, 0.29) is 12.5 Å². The third-order valence-electron chi connectivity index (χ3n) is 3.75. The van der Waals surface area contributed by atoms with E-state index in [0.717, 1.165) is 12.8 Å². The number of nitrogens with one attached hydrogen (secondary N) is 1. The van der Waals surface area contributed by atoms with Gasteiger partial charge in [0.15, 0.2) is 0 Å². The minimum Gasteiger partial charge on any atom is -0.466 e. The monoisotopic (exact) mass is 262 g/mol. The van der Waals surface area contributed by atoms with Gasteiger partial charge in [0.2, 0.25) is 5.91 Å². The summed E-state index contributed by atoms with van der Waals surface area (Å²) >= 11 is 0. The maximum absolute atomic E-state index is 12.1. The van der Waals surface area contributed by atoms with Crippen LogP contribution in [0.15, 0.2) is 22.8 Å². The molecule has 2 rings (SSSR count). The molecule has 0 aliphatic heterocycles. The number of hydrogen-bond donors (Lipinski definition) is 2. The summed E-state index contributed by atoms with van der Waals surface area (Å²) < 4.78 is 5.14. The van der Waals surface area contributed by atoms with Crippen molar-refractivity contribution in [1.82, 2.24) is 5.32 Å². The standard InChI is InChI=1S/C14H18N2O3/c1-13(18,11-5-4-8-19-11)10-16-12(17)14(9-15)6-2-3-7-14/h4-5,8,18H,2-3,6-7,10H2,1H3,(H,16,17). The molecule has 0 spiro atoms. The Kier molecular flexibility index (Phi) is 3.63. The van der Waals surface area contributed by atoms with E-state index in [1.165, 1.54) is 6.26 Å². The van der Waals surface area contributed by atoms with Crippen molar-refractivity contribution in [3.05, 3.63) is 24.2 Å². The Hall–Kier alpha value is -1.80. The molecule has 1 amide bonds. The highest BCUT2D eigenvalue weighted by atomic mass is 16.4. The van der Waals surface area contributed by atoms with Gasteiger partial charge in [-0.05, 0) is 31.9 Å². The maximum atomic E-state index is 12.1. The molecule has 19 heavy (non-hydrogen) atoms.